The third kappa shape index (κ3) is 2.91. The molecular formula is C8H11NO7. The van der Waals surface area contributed by atoms with Gasteiger partial charge in [-0.05, 0) is 0 Å². The van der Waals surface area contributed by atoms with Gasteiger partial charge in [-0.15, -0.1) is 0 Å². The largest absolute Gasteiger partial charge is 0.534 e. The van der Waals surface area contributed by atoms with Crippen molar-refractivity contribution >= 4 is 18.0 Å². The van der Waals surface area contributed by atoms with Gasteiger partial charge in [0.15, 0.2) is 6.10 Å². The number of amides is 2. The number of rotatable bonds is 4. The van der Waals surface area contributed by atoms with Gasteiger partial charge in [-0.1, -0.05) is 5.06 Å². The van der Waals surface area contributed by atoms with Gasteiger partial charge in [0, 0.05) is 12.8 Å². The Hall–Kier alpha value is -1.67. The number of nitrogens with zero attached hydrogens (tertiary/aromatic N) is 1. The highest BCUT2D eigenvalue weighted by molar-refractivity contribution is 6.01. The topological polar surface area (TPSA) is 113 Å². The highest BCUT2D eigenvalue weighted by Gasteiger charge is 2.33. The lowest BCUT2D eigenvalue weighted by Gasteiger charge is -2.15. The summed E-state index contributed by atoms with van der Waals surface area (Å²) < 4.78 is 4.40. The predicted molar refractivity (Wildman–Crippen MR) is 46.6 cm³/mol. The molecule has 0 aromatic rings. The molecule has 16 heavy (non-hydrogen) atoms. The van der Waals surface area contributed by atoms with Crippen LogP contribution in [-0.2, 0) is 19.2 Å². The van der Waals surface area contributed by atoms with Crippen LogP contribution in [0.15, 0.2) is 0 Å². The number of hydrogen-bond acceptors (Lipinski definition) is 7. The molecular weight excluding hydrogens is 222 g/mol. The van der Waals surface area contributed by atoms with Crippen LogP contribution in [0, 0.1) is 0 Å². The van der Waals surface area contributed by atoms with Crippen molar-refractivity contribution in [2.75, 3.05) is 13.2 Å². The van der Waals surface area contributed by atoms with E-state index in [1.807, 2.05) is 0 Å². The fourth-order valence-corrected chi connectivity index (χ4v) is 1.02. The number of carbonyl (C=O) groups is 3. The van der Waals surface area contributed by atoms with Crippen LogP contribution in [0.3, 0.4) is 0 Å². The van der Waals surface area contributed by atoms with Crippen LogP contribution in [0.2, 0.25) is 0 Å². The normalized spacial score (nSPS) is 15.8. The Kier molecular flexibility index (Phi) is 4.20. The zero-order valence-corrected chi connectivity index (χ0v) is 8.29. The van der Waals surface area contributed by atoms with Gasteiger partial charge in [0.1, 0.15) is 0 Å². The first-order chi connectivity index (χ1) is 7.58. The van der Waals surface area contributed by atoms with E-state index in [0.717, 1.165) is 0 Å². The predicted octanol–water partition coefficient (Wildman–Crippen LogP) is -1.44. The van der Waals surface area contributed by atoms with E-state index in [1.165, 1.54) is 0 Å². The maximum Gasteiger partial charge on any atom is 0.534 e. The van der Waals surface area contributed by atoms with Crippen LogP contribution in [-0.4, -0.2) is 52.6 Å². The molecule has 0 spiro atoms. The second kappa shape index (κ2) is 5.42. The molecule has 8 heteroatoms. The second-order valence-corrected chi connectivity index (χ2v) is 3.03. The molecule has 1 saturated heterocycles. The monoisotopic (exact) mass is 233 g/mol. The molecule has 0 aliphatic carbocycles. The van der Waals surface area contributed by atoms with E-state index in [1.54, 1.807) is 0 Å². The van der Waals surface area contributed by atoms with Gasteiger partial charge in [0.2, 0.25) is 0 Å². The molecule has 2 N–H and O–H groups in total. The molecule has 1 aliphatic rings. The Labute approximate surface area is 90.3 Å². The third-order valence-corrected chi connectivity index (χ3v) is 1.84. The first-order valence-electron chi connectivity index (χ1n) is 4.54. The summed E-state index contributed by atoms with van der Waals surface area (Å²) in [7, 11) is 0. The molecule has 0 aromatic heterocycles. The van der Waals surface area contributed by atoms with E-state index in [4.69, 9.17) is 10.2 Å². The fourth-order valence-electron chi connectivity index (χ4n) is 1.02. The van der Waals surface area contributed by atoms with Gasteiger partial charge in [-0.3, -0.25) is 14.4 Å². The highest BCUT2D eigenvalue weighted by Crippen LogP contribution is 2.12. The minimum absolute atomic E-state index is 0.0183. The average molecular weight is 233 g/mol. The molecule has 1 rings (SSSR count). The van der Waals surface area contributed by atoms with E-state index in [0.29, 0.717) is 5.06 Å². The van der Waals surface area contributed by atoms with Crippen molar-refractivity contribution in [3.8, 4) is 0 Å². The molecule has 1 fully saturated rings. The van der Waals surface area contributed by atoms with Gasteiger partial charge in [-0.2, -0.15) is 0 Å². The number of imide groups is 1. The summed E-state index contributed by atoms with van der Waals surface area (Å²) in [5.41, 5.74) is 0. The smallest absolute Gasteiger partial charge is 0.424 e. The maximum absolute atomic E-state index is 11.0. The second-order valence-electron chi connectivity index (χ2n) is 3.03. The van der Waals surface area contributed by atoms with Gasteiger partial charge in [0.05, 0.1) is 13.2 Å². The third-order valence-electron chi connectivity index (χ3n) is 1.84. The van der Waals surface area contributed by atoms with Crippen LogP contribution in [0.4, 0.5) is 4.79 Å². The summed E-state index contributed by atoms with van der Waals surface area (Å²) in [6.45, 7) is -1.18. The summed E-state index contributed by atoms with van der Waals surface area (Å²) in [6, 6.07) is 0. The standard InChI is InChI=1S/C8H11NO7/c10-3-5(4-11)15-8(14)16-9-6(12)1-2-7(9)13/h5,10-11H,1-4H2. The minimum Gasteiger partial charge on any atom is -0.424 e. The summed E-state index contributed by atoms with van der Waals surface area (Å²) in [5.74, 6) is -1.27. The van der Waals surface area contributed by atoms with Crippen molar-refractivity contribution in [2.24, 2.45) is 0 Å². The van der Waals surface area contributed by atoms with Crippen molar-refractivity contribution in [3.05, 3.63) is 0 Å². The van der Waals surface area contributed by atoms with Crippen molar-refractivity contribution in [1.82, 2.24) is 5.06 Å². The fraction of sp³-hybridized carbons (Fsp3) is 0.625. The summed E-state index contributed by atoms with van der Waals surface area (Å²) >= 11 is 0. The van der Waals surface area contributed by atoms with Crippen LogP contribution in [0.25, 0.3) is 0 Å². The molecule has 90 valence electrons. The molecule has 0 unspecified atom stereocenters. The number of aliphatic hydroxyl groups is 2. The summed E-state index contributed by atoms with van der Waals surface area (Å²) in [6.07, 6.45) is -2.50. The van der Waals surface area contributed by atoms with E-state index in [2.05, 4.69) is 9.57 Å². The van der Waals surface area contributed by atoms with E-state index in [9.17, 15) is 14.4 Å². The van der Waals surface area contributed by atoms with Gasteiger partial charge in [-0.25, -0.2) is 4.79 Å². The molecule has 0 saturated carbocycles. The zero-order chi connectivity index (χ0) is 12.1. The molecule has 1 heterocycles. The van der Waals surface area contributed by atoms with Crippen molar-refractivity contribution in [1.29, 1.82) is 0 Å². The van der Waals surface area contributed by atoms with E-state index in [-0.39, 0.29) is 12.8 Å². The maximum atomic E-state index is 11.0. The Bertz CT molecular complexity index is 283. The Morgan fingerprint density at radius 2 is 1.75 bits per heavy atom. The average Bonchev–Trinajstić information content (AvgIpc) is 2.57. The Morgan fingerprint density at radius 3 is 2.19 bits per heavy atom. The molecule has 1 aliphatic heterocycles. The number of hydrogen-bond donors (Lipinski definition) is 2. The number of aliphatic hydroxyl groups excluding tert-OH is 2. The summed E-state index contributed by atoms with van der Waals surface area (Å²) in [5, 5.41) is 17.5. The van der Waals surface area contributed by atoms with Gasteiger partial charge >= 0.3 is 6.16 Å². The van der Waals surface area contributed by atoms with Crippen LogP contribution in [0.1, 0.15) is 12.8 Å². The van der Waals surface area contributed by atoms with Crippen LogP contribution in [0.5, 0.6) is 0 Å². The lowest BCUT2D eigenvalue weighted by atomic mass is 10.4. The molecule has 2 amide bonds. The lowest BCUT2D eigenvalue weighted by molar-refractivity contribution is -0.179. The van der Waals surface area contributed by atoms with Crippen molar-refractivity contribution in [2.45, 2.75) is 18.9 Å². The SMILES string of the molecule is O=C(OC(CO)CO)ON1C(=O)CCC1=O. The Balaban J connectivity index is 2.45. The van der Waals surface area contributed by atoms with E-state index < -0.39 is 37.3 Å². The number of ether oxygens (including phenoxy) is 1. The molecule has 0 radical (unpaired) electrons. The first kappa shape index (κ1) is 12.4. The van der Waals surface area contributed by atoms with Gasteiger partial charge < -0.3 is 14.9 Å². The first-order valence-corrected chi connectivity index (χ1v) is 4.54. The molecule has 0 aromatic carbocycles. The number of hydroxylamine groups is 2. The lowest BCUT2D eigenvalue weighted by Crippen LogP contribution is -2.35. The van der Waals surface area contributed by atoms with Crippen LogP contribution >= 0.6 is 0 Å². The van der Waals surface area contributed by atoms with Crippen molar-refractivity contribution < 1.29 is 34.2 Å². The van der Waals surface area contributed by atoms with E-state index >= 15 is 0 Å². The van der Waals surface area contributed by atoms with Crippen LogP contribution < -0.4 is 0 Å². The quantitative estimate of drug-likeness (QED) is 0.451. The van der Waals surface area contributed by atoms with Gasteiger partial charge in [0.25, 0.3) is 11.8 Å². The molecule has 8 nitrogen and oxygen atoms in total. The Morgan fingerprint density at radius 1 is 1.25 bits per heavy atom. The number of carbonyl (C=O) groups excluding carboxylic acids is 3. The molecule has 0 bridgehead atoms. The molecule has 0 atom stereocenters. The zero-order valence-electron chi connectivity index (χ0n) is 8.29. The highest BCUT2D eigenvalue weighted by atomic mass is 16.8. The minimum atomic E-state index is -1.32. The van der Waals surface area contributed by atoms with Crippen molar-refractivity contribution in [3.63, 3.8) is 0 Å². The summed E-state index contributed by atoms with van der Waals surface area (Å²) in [4.78, 5) is 37.4.